The van der Waals surface area contributed by atoms with Gasteiger partial charge in [-0.2, -0.15) is 0 Å². The summed E-state index contributed by atoms with van der Waals surface area (Å²) in [5.74, 6) is 0. The zero-order valence-electron chi connectivity index (χ0n) is 54.8. The molecule has 93 heavy (non-hydrogen) atoms. The van der Waals surface area contributed by atoms with Gasteiger partial charge in [0.25, 0.3) is 0 Å². The van der Waals surface area contributed by atoms with Crippen molar-refractivity contribution in [3.8, 4) is 66.8 Å². The Kier molecular flexibility index (Phi) is 16.8. The topological polar surface area (TPSA) is 6.48 Å². The average Bonchev–Trinajstić information content (AvgIpc) is 1.53. The Morgan fingerprint density at radius 2 is 0.548 bits per heavy atom. The maximum atomic E-state index is 3.63. The Hall–Kier alpha value is -8.80. The van der Waals surface area contributed by atoms with Gasteiger partial charge in [0.05, 0.1) is 0 Å². The van der Waals surface area contributed by atoms with Crippen LogP contribution in [0.5, 0.6) is 0 Å². The van der Waals surface area contributed by atoms with Crippen LogP contribution in [0, 0.1) is 13.8 Å². The number of rotatable bonds is 16. The van der Waals surface area contributed by atoms with Crippen molar-refractivity contribution in [2.24, 2.45) is 0 Å². The summed E-state index contributed by atoms with van der Waals surface area (Å²) in [6, 6.07) is 101. The van der Waals surface area contributed by atoms with Gasteiger partial charge in [-0.1, -0.05) is 244 Å². The van der Waals surface area contributed by atoms with E-state index in [0.29, 0.717) is 0 Å². The van der Waals surface area contributed by atoms with Crippen molar-refractivity contribution in [2.45, 2.75) is 110 Å². The largest absolute Gasteiger partial charge is 0.310 e. The molecule has 0 saturated carbocycles. The minimum Gasteiger partial charge on any atom is -0.310 e. The number of halogens is 2. The summed E-state index contributed by atoms with van der Waals surface area (Å²) in [5, 5.41) is 0. The Morgan fingerprint density at radius 3 is 0.828 bits per heavy atom. The number of benzene rings is 12. The van der Waals surface area contributed by atoms with Crippen molar-refractivity contribution in [1.82, 2.24) is 0 Å². The molecule has 0 fully saturated rings. The zero-order valence-corrected chi connectivity index (χ0v) is 58.0. The van der Waals surface area contributed by atoms with Gasteiger partial charge < -0.3 is 9.80 Å². The van der Waals surface area contributed by atoms with E-state index >= 15 is 0 Å². The van der Waals surface area contributed by atoms with Crippen LogP contribution in [0.3, 0.4) is 0 Å². The van der Waals surface area contributed by atoms with Gasteiger partial charge in [-0.15, -0.1) is 0 Å². The lowest BCUT2D eigenvalue weighted by Gasteiger charge is -2.31. The summed E-state index contributed by atoms with van der Waals surface area (Å²) in [6.07, 6.45) is 6.61. The fraction of sp³-hybridized carbons (Fsp3) is 0.191. The zero-order chi connectivity index (χ0) is 64.2. The molecule has 0 heterocycles. The molecule has 0 unspecified atom stereocenters. The molecule has 0 aliphatic heterocycles. The lowest BCUT2D eigenvalue weighted by molar-refractivity contribution is 0.349. The van der Waals surface area contributed by atoms with E-state index in [4.69, 9.17) is 0 Å². The number of fused-ring (bicyclic) bond motifs is 4. The fourth-order valence-electron chi connectivity index (χ4n) is 15.6. The van der Waals surface area contributed by atoms with Crippen LogP contribution >= 0.6 is 31.9 Å². The van der Waals surface area contributed by atoms with E-state index in [2.05, 4.69) is 364 Å². The predicted octanol–water partition coefficient (Wildman–Crippen LogP) is 26.3. The normalized spacial score (nSPS) is 14.0. The summed E-state index contributed by atoms with van der Waals surface area (Å²) < 4.78 is 2.16. The molecule has 0 amide bonds. The third-order valence-corrected chi connectivity index (χ3v) is 21.1. The molecule has 0 aromatic heterocycles. The van der Waals surface area contributed by atoms with Crippen molar-refractivity contribution >= 4 is 66.0 Å². The standard InChI is InChI=1S/C89H80Br2N2/c1-9-11-61-13-17-63(18-14-61)67-25-39-75(40-26-67)92(77-43-29-69(30-44-77)65-21-35-73(90)36-22-65)79-47-49-81(59(3)53-79)71-33-51-83-85(55-71)89(57-87(83,5)6)58-88(7,8)84-52-34-72(56-86(84)89)82-50-48-80(54-60(82)4)93(78-45-31-70(32-46-78)66-23-37-74(91)38-24-66)76-41-27-68(28-42-76)64-19-15-62(12-10-2)16-20-64/h13-56H,9-12,57-58H2,1-8H3. The van der Waals surface area contributed by atoms with Crippen LogP contribution in [0.2, 0.25) is 0 Å². The first-order chi connectivity index (χ1) is 45.0. The minimum atomic E-state index is -0.156. The summed E-state index contributed by atoms with van der Waals surface area (Å²) >= 11 is 7.26. The Bertz CT molecular complexity index is 4370. The molecule has 0 atom stereocenters. The monoisotopic (exact) mass is 1330 g/mol. The number of hydrogen-bond acceptors (Lipinski definition) is 2. The van der Waals surface area contributed by atoms with Crippen molar-refractivity contribution in [3.05, 3.63) is 320 Å². The number of nitrogens with zero attached hydrogens (tertiary/aromatic N) is 2. The number of aryl methyl sites for hydroxylation is 4. The van der Waals surface area contributed by atoms with Crippen LogP contribution in [0.15, 0.2) is 276 Å². The lowest BCUT2D eigenvalue weighted by atomic mass is 9.72. The molecule has 0 bridgehead atoms. The van der Waals surface area contributed by atoms with Gasteiger partial charge in [-0.25, -0.2) is 0 Å². The van der Waals surface area contributed by atoms with E-state index in [1.54, 1.807) is 0 Å². The van der Waals surface area contributed by atoms with Crippen molar-refractivity contribution in [3.63, 3.8) is 0 Å². The van der Waals surface area contributed by atoms with Gasteiger partial charge in [-0.3, -0.25) is 0 Å². The first-order valence-corrected chi connectivity index (χ1v) is 34.9. The second-order valence-corrected chi connectivity index (χ2v) is 29.3. The van der Waals surface area contributed by atoms with Gasteiger partial charge in [0.15, 0.2) is 0 Å². The highest BCUT2D eigenvalue weighted by atomic mass is 79.9. The quantitative estimate of drug-likeness (QED) is 0.0951. The second-order valence-electron chi connectivity index (χ2n) is 27.5. The number of anilines is 6. The molecule has 0 N–H and O–H groups in total. The van der Waals surface area contributed by atoms with Gasteiger partial charge >= 0.3 is 0 Å². The third-order valence-electron chi connectivity index (χ3n) is 20.1. The van der Waals surface area contributed by atoms with Crippen molar-refractivity contribution in [1.29, 1.82) is 0 Å². The molecular weight excluding hydrogens is 1260 g/mol. The summed E-state index contributed by atoms with van der Waals surface area (Å²) in [4.78, 5) is 4.82. The van der Waals surface area contributed by atoms with Crippen LogP contribution in [0.1, 0.15) is 112 Å². The van der Waals surface area contributed by atoms with E-state index in [-0.39, 0.29) is 16.2 Å². The van der Waals surface area contributed by atoms with Crippen molar-refractivity contribution in [2.75, 3.05) is 9.80 Å². The molecule has 14 rings (SSSR count). The molecule has 1 spiro atoms. The van der Waals surface area contributed by atoms with Crippen LogP contribution in [-0.2, 0) is 29.1 Å². The van der Waals surface area contributed by atoms with Crippen LogP contribution < -0.4 is 9.80 Å². The van der Waals surface area contributed by atoms with E-state index in [9.17, 15) is 0 Å². The van der Waals surface area contributed by atoms with Gasteiger partial charge in [0, 0.05) is 48.5 Å². The highest BCUT2D eigenvalue weighted by Gasteiger charge is 2.56. The van der Waals surface area contributed by atoms with Crippen LogP contribution in [0.4, 0.5) is 34.1 Å². The Balaban J connectivity index is 0.800. The highest BCUT2D eigenvalue weighted by Crippen LogP contribution is 2.64. The molecule has 0 saturated heterocycles. The average molecular weight is 1340 g/mol. The molecule has 460 valence electrons. The molecule has 12 aromatic rings. The van der Waals surface area contributed by atoms with Crippen LogP contribution in [-0.4, -0.2) is 0 Å². The molecular formula is C89H80Br2N2. The minimum absolute atomic E-state index is 0.0170. The molecule has 12 aromatic carbocycles. The lowest BCUT2D eigenvalue weighted by Crippen LogP contribution is -2.27. The summed E-state index contributed by atoms with van der Waals surface area (Å²) in [7, 11) is 0. The summed E-state index contributed by atoms with van der Waals surface area (Å²) in [5.41, 5.74) is 32.4. The number of hydrogen-bond donors (Lipinski definition) is 0. The maximum Gasteiger partial charge on any atom is 0.0464 e. The first-order valence-electron chi connectivity index (χ1n) is 33.3. The van der Waals surface area contributed by atoms with Gasteiger partial charge in [0.2, 0.25) is 0 Å². The molecule has 4 heteroatoms. The fourth-order valence-corrected chi connectivity index (χ4v) is 16.1. The van der Waals surface area contributed by atoms with E-state index < -0.39 is 0 Å². The maximum absolute atomic E-state index is 3.63. The molecule has 2 aliphatic rings. The first kappa shape index (κ1) is 61.7. The predicted molar refractivity (Wildman–Crippen MR) is 404 cm³/mol. The smallest absolute Gasteiger partial charge is 0.0464 e. The third kappa shape index (κ3) is 12.1. The molecule has 2 nitrogen and oxygen atoms in total. The SMILES string of the molecule is CCCc1ccc(-c2ccc(N(c3ccc(-c4ccc(Br)cc4)cc3)c3ccc(-c4ccc5c(c4)C4(CC5(C)C)CC(C)(C)c5ccc(-c6ccc(N(c7ccc(-c8ccc(Br)cc8)cc7)c7ccc(-c8ccc(CCC)cc8)cc7)cc6C)cc54)c(C)c3)cc2)cc1. The van der Waals surface area contributed by atoms with Gasteiger partial charge in [0.1, 0.15) is 0 Å². The highest BCUT2D eigenvalue weighted by molar-refractivity contribution is 9.10. The van der Waals surface area contributed by atoms with Crippen LogP contribution in [0.25, 0.3) is 66.8 Å². The van der Waals surface area contributed by atoms with Crippen molar-refractivity contribution < 1.29 is 0 Å². The Labute approximate surface area is 569 Å². The Morgan fingerprint density at radius 1 is 0.290 bits per heavy atom. The van der Waals surface area contributed by atoms with E-state index in [1.165, 1.54) is 111 Å². The summed E-state index contributed by atoms with van der Waals surface area (Å²) in [6.45, 7) is 19.0. The van der Waals surface area contributed by atoms with E-state index in [1.807, 2.05) is 0 Å². The van der Waals surface area contributed by atoms with Gasteiger partial charge in [-0.05, 0) is 271 Å². The second kappa shape index (κ2) is 25.3. The molecule has 2 aliphatic carbocycles. The molecule has 0 radical (unpaired) electrons. The van der Waals surface area contributed by atoms with E-state index in [0.717, 1.165) is 81.6 Å².